The lowest BCUT2D eigenvalue weighted by Gasteiger charge is -2.44. The minimum Gasteiger partial charge on any atom is -0.462 e. The number of ether oxygens (including phenoxy) is 4. The minimum absolute atomic E-state index is 0.103. The predicted octanol–water partition coefficient (Wildman–Crippen LogP) is 1.57. The summed E-state index contributed by atoms with van der Waals surface area (Å²) in [5, 5.41) is 0. The highest BCUT2D eigenvalue weighted by Crippen LogP contribution is 2.84. The van der Waals surface area contributed by atoms with Crippen molar-refractivity contribution in [1.82, 2.24) is 0 Å². The van der Waals surface area contributed by atoms with Crippen molar-refractivity contribution in [3.63, 3.8) is 0 Å². The summed E-state index contributed by atoms with van der Waals surface area (Å²) in [6, 6.07) is 0. The highest BCUT2D eigenvalue weighted by molar-refractivity contribution is 5.90. The Bertz CT molecular complexity index is 814. The molecule has 0 aromatic rings. The number of carbonyl (C=O) groups excluding carboxylic acids is 3. The standard InChI is InChI=1S/C20H24O7/c1-8-13-9(24-14(8)22)6-19-11-5-10(17(2,3)4)18(19)7-12(21)26-16(18)27-20(13,19)15(23)25-11/h8-11,13,16H,5-7H2,1-4H3/t8-,9?,10-,11?,13?,16?,18?,19?,20?/m0/s1. The smallest absolute Gasteiger partial charge is 0.340 e. The highest BCUT2D eigenvalue weighted by atomic mass is 16.7. The first-order valence-corrected chi connectivity index (χ1v) is 9.88. The SMILES string of the molecule is C[C@@H]1C(=O)OC2CC34C5C[C@@H](C(C)(C)C)C36CC(=O)OC6OC4(C(=O)O5)C21. The third-order valence-corrected chi connectivity index (χ3v) is 8.67. The van der Waals surface area contributed by atoms with E-state index in [1.807, 2.05) is 0 Å². The molecule has 0 aromatic carbocycles. The van der Waals surface area contributed by atoms with Gasteiger partial charge < -0.3 is 18.9 Å². The summed E-state index contributed by atoms with van der Waals surface area (Å²) in [6.45, 7) is 8.27. The first-order chi connectivity index (χ1) is 12.6. The maximum Gasteiger partial charge on any atom is 0.340 e. The van der Waals surface area contributed by atoms with E-state index < -0.39 is 34.6 Å². The zero-order valence-electron chi connectivity index (χ0n) is 15.9. The van der Waals surface area contributed by atoms with Gasteiger partial charge in [-0.2, -0.15) is 0 Å². The Morgan fingerprint density at radius 2 is 1.81 bits per heavy atom. The van der Waals surface area contributed by atoms with Gasteiger partial charge in [0.2, 0.25) is 6.29 Å². The van der Waals surface area contributed by atoms with Crippen LogP contribution in [0.2, 0.25) is 0 Å². The summed E-state index contributed by atoms with van der Waals surface area (Å²) >= 11 is 0. The molecule has 4 heterocycles. The molecule has 0 radical (unpaired) electrons. The van der Waals surface area contributed by atoms with E-state index in [-0.39, 0.29) is 47.8 Å². The molecule has 6 fully saturated rings. The van der Waals surface area contributed by atoms with E-state index >= 15 is 0 Å². The monoisotopic (exact) mass is 376 g/mol. The topological polar surface area (TPSA) is 88.1 Å². The molecular weight excluding hydrogens is 352 g/mol. The van der Waals surface area contributed by atoms with E-state index in [0.717, 1.165) is 0 Å². The highest BCUT2D eigenvalue weighted by Gasteiger charge is 2.95. The number of hydrogen-bond acceptors (Lipinski definition) is 7. The lowest BCUT2D eigenvalue weighted by molar-refractivity contribution is -0.206. The zero-order valence-corrected chi connectivity index (χ0v) is 15.9. The summed E-state index contributed by atoms with van der Waals surface area (Å²) < 4.78 is 23.7. The lowest BCUT2D eigenvalue weighted by Crippen LogP contribution is -2.55. The van der Waals surface area contributed by atoms with E-state index in [1.165, 1.54) is 0 Å². The van der Waals surface area contributed by atoms with Crippen LogP contribution in [0.3, 0.4) is 0 Å². The molecule has 4 saturated heterocycles. The second-order valence-electron chi connectivity index (χ2n) is 10.4. The van der Waals surface area contributed by atoms with Crippen molar-refractivity contribution in [2.75, 3.05) is 0 Å². The van der Waals surface area contributed by atoms with Gasteiger partial charge in [0.15, 0.2) is 5.60 Å². The second kappa shape index (κ2) is 4.19. The Balaban J connectivity index is 1.63. The quantitative estimate of drug-likeness (QED) is 0.468. The van der Waals surface area contributed by atoms with E-state index in [2.05, 4.69) is 20.8 Å². The molecule has 2 aliphatic carbocycles. The molecule has 2 saturated carbocycles. The van der Waals surface area contributed by atoms with Crippen molar-refractivity contribution in [2.45, 2.75) is 71.1 Å². The average Bonchev–Trinajstić information content (AvgIpc) is 3.26. The molecule has 0 bridgehead atoms. The molecule has 2 spiro atoms. The molecule has 7 unspecified atom stereocenters. The van der Waals surface area contributed by atoms with Crippen LogP contribution in [-0.4, -0.2) is 42.0 Å². The van der Waals surface area contributed by atoms with Gasteiger partial charge >= 0.3 is 17.9 Å². The van der Waals surface area contributed by atoms with Gasteiger partial charge in [0.05, 0.1) is 23.2 Å². The van der Waals surface area contributed by atoms with Gasteiger partial charge in [-0.1, -0.05) is 27.7 Å². The maximum atomic E-state index is 13.2. The van der Waals surface area contributed by atoms with Crippen molar-refractivity contribution >= 4 is 17.9 Å². The molecule has 0 amide bonds. The Morgan fingerprint density at radius 3 is 2.52 bits per heavy atom. The molecule has 27 heavy (non-hydrogen) atoms. The molecule has 146 valence electrons. The molecule has 7 nitrogen and oxygen atoms in total. The molecule has 4 aliphatic heterocycles. The molecule has 6 aliphatic rings. The van der Waals surface area contributed by atoms with E-state index in [1.54, 1.807) is 6.92 Å². The maximum absolute atomic E-state index is 13.2. The number of carbonyl (C=O) groups is 3. The third kappa shape index (κ3) is 1.34. The van der Waals surface area contributed by atoms with Gasteiger partial charge in [-0.05, 0) is 24.2 Å². The van der Waals surface area contributed by atoms with Crippen LogP contribution in [0, 0.1) is 34.0 Å². The fraction of sp³-hybridized carbons (Fsp3) is 0.850. The van der Waals surface area contributed by atoms with Crippen LogP contribution >= 0.6 is 0 Å². The summed E-state index contributed by atoms with van der Waals surface area (Å²) in [5.41, 5.74) is -2.65. The van der Waals surface area contributed by atoms with Crippen molar-refractivity contribution in [2.24, 2.45) is 34.0 Å². The number of esters is 3. The van der Waals surface area contributed by atoms with Gasteiger partial charge in [-0.3, -0.25) is 9.59 Å². The van der Waals surface area contributed by atoms with E-state index in [0.29, 0.717) is 12.8 Å². The first-order valence-electron chi connectivity index (χ1n) is 9.88. The normalized spacial score (nSPS) is 57.1. The molecule has 0 N–H and O–H groups in total. The van der Waals surface area contributed by atoms with Gasteiger partial charge in [-0.15, -0.1) is 0 Å². The fourth-order valence-electron chi connectivity index (χ4n) is 8.07. The molecule has 6 rings (SSSR count). The predicted molar refractivity (Wildman–Crippen MR) is 87.8 cm³/mol. The van der Waals surface area contributed by atoms with Crippen molar-refractivity contribution in [1.29, 1.82) is 0 Å². The number of rotatable bonds is 0. The van der Waals surface area contributed by atoms with Crippen molar-refractivity contribution in [3.05, 3.63) is 0 Å². The van der Waals surface area contributed by atoms with Crippen LogP contribution in [-0.2, 0) is 33.3 Å². The Hall–Kier alpha value is -1.63. The summed E-state index contributed by atoms with van der Waals surface area (Å²) in [7, 11) is 0. The summed E-state index contributed by atoms with van der Waals surface area (Å²) in [5.74, 6) is -1.70. The van der Waals surface area contributed by atoms with Crippen LogP contribution in [0.1, 0.15) is 47.0 Å². The first kappa shape index (κ1) is 16.3. The van der Waals surface area contributed by atoms with E-state index in [4.69, 9.17) is 18.9 Å². The van der Waals surface area contributed by atoms with Crippen LogP contribution in [0.4, 0.5) is 0 Å². The zero-order chi connectivity index (χ0) is 19.1. The van der Waals surface area contributed by atoms with Crippen LogP contribution in [0.5, 0.6) is 0 Å². The van der Waals surface area contributed by atoms with Gasteiger partial charge in [0.1, 0.15) is 12.2 Å². The van der Waals surface area contributed by atoms with Crippen LogP contribution in [0.15, 0.2) is 0 Å². The van der Waals surface area contributed by atoms with Crippen LogP contribution in [0.25, 0.3) is 0 Å². The summed E-state index contributed by atoms with van der Waals surface area (Å²) in [4.78, 5) is 37.9. The Morgan fingerprint density at radius 1 is 1.07 bits per heavy atom. The van der Waals surface area contributed by atoms with Crippen molar-refractivity contribution < 1.29 is 33.3 Å². The Labute approximate surface area is 157 Å². The molecule has 9 atom stereocenters. The largest absolute Gasteiger partial charge is 0.462 e. The molecular formula is C20H24O7. The fourth-order valence-corrected chi connectivity index (χ4v) is 8.07. The number of fused-ring (bicyclic) bond motifs is 1. The minimum atomic E-state index is -1.25. The lowest BCUT2D eigenvalue weighted by atomic mass is 9.53. The van der Waals surface area contributed by atoms with E-state index in [9.17, 15) is 14.4 Å². The van der Waals surface area contributed by atoms with Crippen LogP contribution < -0.4 is 0 Å². The molecule has 7 heteroatoms. The average molecular weight is 376 g/mol. The Kier molecular flexibility index (Phi) is 2.53. The number of hydrogen-bond donors (Lipinski definition) is 0. The molecule has 0 aromatic heterocycles. The van der Waals surface area contributed by atoms with Gasteiger partial charge in [-0.25, -0.2) is 4.79 Å². The van der Waals surface area contributed by atoms with Gasteiger partial charge in [0, 0.05) is 5.92 Å². The third-order valence-electron chi connectivity index (χ3n) is 8.67. The van der Waals surface area contributed by atoms with Crippen molar-refractivity contribution in [3.8, 4) is 0 Å². The second-order valence-corrected chi connectivity index (χ2v) is 10.4. The van der Waals surface area contributed by atoms with Gasteiger partial charge in [0.25, 0.3) is 0 Å². The summed E-state index contributed by atoms with van der Waals surface area (Å²) in [6.07, 6.45) is -0.0219.